The molecule has 0 aliphatic carbocycles. The molecule has 0 bridgehead atoms. The lowest BCUT2D eigenvalue weighted by molar-refractivity contribution is 0.377. The van der Waals surface area contributed by atoms with E-state index in [1.165, 1.54) is 0 Å². The summed E-state index contributed by atoms with van der Waals surface area (Å²) in [6.07, 6.45) is 2.48. The van der Waals surface area contributed by atoms with E-state index >= 15 is 0 Å². The van der Waals surface area contributed by atoms with Crippen molar-refractivity contribution < 1.29 is 4.52 Å². The maximum atomic E-state index is 6.03. The highest BCUT2D eigenvalue weighted by molar-refractivity contribution is 14.0. The molecule has 1 aliphatic heterocycles. The molecule has 0 radical (unpaired) electrons. The van der Waals surface area contributed by atoms with Gasteiger partial charge in [0, 0.05) is 49.0 Å². The lowest BCUT2D eigenvalue weighted by Crippen LogP contribution is -2.47. The van der Waals surface area contributed by atoms with Gasteiger partial charge in [-0.25, -0.2) is 9.67 Å². The molecule has 9 nitrogen and oxygen atoms in total. The fraction of sp³-hybridized carbons (Fsp3) is 0.476. The Bertz CT molecular complexity index is 1060. The fourth-order valence-corrected chi connectivity index (χ4v) is 3.66. The molecule has 3 heterocycles. The molecule has 3 aromatic rings. The van der Waals surface area contributed by atoms with Gasteiger partial charge < -0.3 is 15.2 Å². The monoisotopic (exact) mass is 570 g/mol. The normalized spacial score (nSPS) is 15.9. The van der Waals surface area contributed by atoms with Crippen molar-refractivity contribution in [1.29, 1.82) is 0 Å². The molecule has 32 heavy (non-hydrogen) atoms. The summed E-state index contributed by atoms with van der Waals surface area (Å²) in [5.41, 5.74) is 0.832. The summed E-state index contributed by atoms with van der Waals surface area (Å²) in [5, 5.41) is 16.1. The van der Waals surface area contributed by atoms with Crippen LogP contribution in [0.2, 0.25) is 5.02 Å². The number of fused-ring (bicyclic) bond motifs is 1. The third-order valence-electron chi connectivity index (χ3n) is 5.14. The number of benzene rings is 1. The molecular formula is C21H28ClIN8O. The predicted molar refractivity (Wildman–Crippen MR) is 135 cm³/mol. The standard InChI is InChI=1S/C21H27ClN8O.HI/c1-13(2)19-26-17-8-7-16(12-30(17)28-19)25-21(23-3)24-10-9-18-27-20(29-31-18)14-5-4-6-15(22)11-14;/h4-6,11,13,16H,7-10,12H2,1-3H3,(H2,23,24,25);1H. The van der Waals surface area contributed by atoms with Crippen LogP contribution in [-0.4, -0.2) is 50.5 Å². The second-order valence-corrected chi connectivity index (χ2v) is 8.31. The van der Waals surface area contributed by atoms with E-state index in [1.807, 2.05) is 28.9 Å². The van der Waals surface area contributed by atoms with Gasteiger partial charge in [0.25, 0.3) is 0 Å². The van der Waals surface area contributed by atoms with E-state index < -0.39 is 0 Å². The van der Waals surface area contributed by atoms with Gasteiger partial charge in [0.1, 0.15) is 5.82 Å². The zero-order valence-corrected chi connectivity index (χ0v) is 21.5. The first kappa shape index (κ1) is 24.4. The molecule has 4 rings (SSSR count). The first-order chi connectivity index (χ1) is 15.0. The maximum Gasteiger partial charge on any atom is 0.228 e. The summed E-state index contributed by atoms with van der Waals surface area (Å²) in [5.74, 6) is 4.15. The highest BCUT2D eigenvalue weighted by Gasteiger charge is 2.23. The number of nitrogens with one attached hydrogen (secondary N) is 2. The van der Waals surface area contributed by atoms with Crippen molar-refractivity contribution in [3.05, 3.63) is 46.8 Å². The number of aryl methyl sites for hydroxylation is 1. The molecular weight excluding hydrogens is 543 g/mol. The Kier molecular flexibility index (Phi) is 8.46. The molecule has 0 amide bonds. The number of rotatable bonds is 6. The maximum absolute atomic E-state index is 6.03. The van der Waals surface area contributed by atoms with E-state index in [4.69, 9.17) is 16.1 Å². The lowest BCUT2D eigenvalue weighted by atomic mass is 10.1. The largest absolute Gasteiger partial charge is 0.356 e. The quantitative estimate of drug-likeness (QED) is 0.266. The topological polar surface area (TPSA) is 106 Å². The summed E-state index contributed by atoms with van der Waals surface area (Å²) in [6.45, 7) is 5.63. The summed E-state index contributed by atoms with van der Waals surface area (Å²) in [7, 11) is 1.76. The molecule has 1 aromatic carbocycles. The summed E-state index contributed by atoms with van der Waals surface area (Å²) < 4.78 is 7.38. The van der Waals surface area contributed by atoms with E-state index in [0.29, 0.717) is 35.6 Å². The third kappa shape index (κ3) is 5.97. The Balaban J connectivity index is 0.00000289. The zero-order chi connectivity index (χ0) is 21.8. The van der Waals surface area contributed by atoms with Crippen LogP contribution in [0.5, 0.6) is 0 Å². The van der Waals surface area contributed by atoms with E-state index in [9.17, 15) is 0 Å². The molecule has 1 atom stereocenters. The van der Waals surface area contributed by atoms with Gasteiger partial charge in [0.15, 0.2) is 11.8 Å². The third-order valence-corrected chi connectivity index (χ3v) is 5.37. The predicted octanol–water partition coefficient (Wildman–Crippen LogP) is 3.45. The number of guanidine groups is 1. The van der Waals surface area contributed by atoms with Gasteiger partial charge >= 0.3 is 0 Å². The van der Waals surface area contributed by atoms with E-state index in [-0.39, 0.29) is 30.0 Å². The van der Waals surface area contributed by atoms with Gasteiger partial charge in [-0.15, -0.1) is 24.0 Å². The Hall–Kier alpha value is -2.21. The Morgan fingerprint density at radius 3 is 2.94 bits per heavy atom. The number of halogens is 2. The minimum absolute atomic E-state index is 0. The van der Waals surface area contributed by atoms with Gasteiger partial charge in [-0.05, 0) is 18.6 Å². The van der Waals surface area contributed by atoms with Crippen LogP contribution >= 0.6 is 35.6 Å². The minimum atomic E-state index is 0. The molecule has 0 spiro atoms. The van der Waals surface area contributed by atoms with Crippen molar-refractivity contribution in [2.75, 3.05) is 13.6 Å². The van der Waals surface area contributed by atoms with Crippen molar-refractivity contribution in [1.82, 2.24) is 35.5 Å². The van der Waals surface area contributed by atoms with Crippen LogP contribution in [0.1, 0.15) is 43.7 Å². The Morgan fingerprint density at radius 2 is 2.19 bits per heavy atom. The Morgan fingerprint density at radius 1 is 1.34 bits per heavy atom. The van der Waals surface area contributed by atoms with E-state index in [1.54, 1.807) is 7.05 Å². The van der Waals surface area contributed by atoms with Crippen molar-refractivity contribution >= 4 is 41.5 Å². The zero-order valence-electron chi connectivity index (χ0n) is 18.4. The molecule has 0 fully saturated rings. The summed E-state index contributed by atoms with van der Waals surface area (Å²) in [4.78, 5) is 13.4. The highest BCUT2D eigenvalue weighted by atomic mass is 127. The number of aromatic nitrogens is 5. The van der Waals surface area contributed by atoms with Crippen LogP contribution in [-0.2, 0) is 19.4 Å². The molecule has 11 heteroatoms. The fourth-order valence-electron chi connectivity index (χ4n) is 3.47. The molecule has 172 valence electrons. The lowest BCUT2D eigenvalue weighted by Gasteiger charge is -2.25. The molecule has 2 aromatic heterocycles. The molecule has 0 saturated carbocycles. The van der Waals surface area contributed by atoms with Crippen LogP contribution in [0.25, 0.3) is 11.4 Å². The van der Waals surface area contributed by atoms with Crippen LogP contribution in [0.4, 0.5) is 0 Å². The van der Waals surface area contributed by atoms with Crippen LogP contribution in [0.3, 0.4) is 0 Å². The molecule has 2 N–H and O–H groups in total. The van der Waals surface area contributed by atoms with Gasteiger partial charge in [-0.3, -0.25) is 4.99 Å². The molecule has 1 aliphatic rings. The number of hydrogen-bond acceptors (Lipinski definition) is 6. The summed E-state index contributed by atoms with van der Waals surface area (Å²) >= 11 is 6.03. The number of nitrogens with zero attached hydrogens (tertiary/aromatic N) is 6. The van der Waals surface area contributed by atoms with E-state index in [2.05, 4.69) is 49.7 Å². The second-order valence-electron chi connectivity index (χ2n) is 7.87. The molecule has 0 saturated heterocycles. The van der Waals surface area contributed by atoms with Crippen molar-refractivity contribution in [3.63, 3.8) is 0 Å². The minimum Gasteiger partial charge on any atom is -0.356 e. The van der Waals surface area contributed by atoms with Gasteiger partial charge in [0.2, 0.25) is 11.7 Å². The molecule has 1 unspecified atom stereocenters. The summed E-state index contributed by atoms with van der Waals surface area (Å²) in [6, 6.07) is 7.64. The second kappa shape index (κ2) is 11.1. The first-order valence-electron chi connectivity index (χ1n) is 10.5. The van der Waals surface area contributed by atoms with Crippen molar-refractivity contribution in [2.24, 2.45) is 4.99 Å². The van der Waals surface area contributed by atoms with Crippen molar-refractivity contribution in [2.45, 2.75) is 51.6 Å². The number of hydrogen-bond donors (Lipinski definition) is 2. The van der Waals surface area contributed by atoms with E-state index in [0.717, 1.165) is 42.6 Å². The van der Waals surface area contributed by atoms with Crippen LogP contribution in [0, 0.1) is 0 Å². The first-order valence-corrected chi connectivity index (χ1v) is 10.9. The average molecular weight is 571 g/mol. The van der Waals surface area contributed by atoms with Gasteiger partial charge in [0.05, 0.1) is 6.54 Å². The van der Waals surface area contributed by atoms with Crippen molar-refractivity contribution in [3.8, 4) is 11.4 Å². The van der Waals surface area contributed by atoms with Gasteiger partial charge in [-0.2, -0.15) is 10.1 Å². The van der Waals surface area contributed by atoms with Gasteiger partial charge in [-0.1, -0.05) is 42.7 Å². The highest BCUT2D eigenvalue weighted by Crippen LogP contribution is 2.20. The number of aliphatic imine (C=N–C) groups is 1. The average Bonchev–Trinajstić information content (AvgIpc) is 3.40. The van der Waals surface area contributed by atoms with Crippen LogP contribution < -0.4 is 10.6 Å². The smallest absolute Gasteiger partial charge is 0.228 e. The SMILES string of the molecule is CN=C(NCCc1nc(-c2cccc(Cl)c2)no1)NC1CCc2nc(C(C)C)nn2C1.I. The Labute approximate surface area is 209 Å². The van der Waals surface area contributed by atoms with Crippen LogP contribution in [0.15, 0.2) is 33.8 Å².